The number of morpholine rings is 1. The van der Waals surface area contributed by atoms with E-state index in [2.05, 4.69) is 22.9 Å². The Morgan fingerprint density at radius 2 is 2.53 bits per heavy atom. The van der Waals surface area contributed by atoms with Crippen molar-refractivity contribution >= 4 is 5.82 Å². The van der Waals surface area contributed by atoms with E-state index in [-0.39, 0.29) is 6.10 Å². The van der Waals surface area contributed by atoms with Crippen molar-refractivity contribution in [2.24, 2.45) is 5.73 Å². The number of pyridine rings is 1. The van der Waals surface area contributed by atoms with Gasteiger partial charge in [0.2, 0.25) is 0 Å². The lowest BCUT2D eigenvalue weighted by Crippen LogP contribution is -2.46. The van der Waals surface area contributed by atoms with Crippen LogP contribution in [0, 0.1) is 6.92 Å². The van der Waals surface area contributed by atoms with Crippen LogP contribution in [0.3, 0.4) is 0 Å². The average Bonchev–Trinajstić information content (AvgIpc) is 2.30. The highest BCUT2D eigenvalue weighted by Crippen LogP contribution is 2.18. The van der Waals surface area contributed by atoms with E-state index >= 15 is 0 Å². The highest BCUT2D eigenvalue weighted by molar-refractivity contribution is 5.46. The van der Waals surface area contributed by atoms with Crippen molar-refractivity contribution in [2.45, 2.75) is 13.0 Å². The van der Waals surface area contributed by atoms with Gasteiger partial charge in [-0.3, -0.25) is 0 Å². The minimum atomic E-state index is 0.139. The first-order valence-electron chi connectivity index (χ1n) is 5.29. The summed E-state index contributed by atoms with van der Waals surface area (Å²) in [4.78, 5) is 6.65. The van der Waals surface area contributed by atoms with Crippen molar-refractivity contribution in [3.8, 4) is 0 Å². The Bertz CT molecular complexity index is 329. The smallest absolute Gasteiger partial charge is 0.131 e. The average molecular weight is 207 g/mol. The van der Waals surface area contributed by atoms with Gasteiger partial charge < -0.3 is 15.4 Å². The van der Waals surface area contributed by atoms with Gasteiger partial charge in [-0.1, -0.05) is 6.07 Å². The van der Waals surface area contributed by atoms with Crippen LogP contribution < -0.4 is 10.6 Å². The number of nitrogens with zero attached hydrogens (tertiary/aromatic N) is 2. The van der Waals surface area contributed by atoms with Gasteiger partial charge in [-0.2, -0.15) is 0 Å². The summed E-state index contributed by atoms with van der Waals surface area (Å²) in [5, 5.41) is 0. The van der Waals surface area contributed by atoms with Gasteiger partial charge in [-0.15, -0.1) is 0 Å². The van der Waals surface area contributed by atoms with Gasteiger partial charge in [0.1, 0.15) is 5.82 Å². The Morgan fingerprint density at radius 1 is 1.67 bits per heavy atom. The topological polar surface area (TPSA) is 51.4 Å². The molecule has 0 spiro atoms. The lowest BCUT2D eigenvalue weighted by Gasteiger charge is -2.33. The van der Waals surface area contributed by atoms with Crippen LogP contribution in [-0.2, 0) is 4.74 Å². The van der Waals surface area contributed by atoms with Crippen LogP contribution in [0.1, 0.15) is 5.56 Å². The number of aryl methyl sites for hydroxylation is 1. The van der Waals surface area contributed by atoms with Gasteiger partial charge >= 0.3 is 0 Å². The molecule has 1 atom stereocenters. The van der Waals surface area contributed by atoms with Crippen molar-refractivity contribution in [1.82, 2.24) is 4.98 Å². The molecule has 0 saturated carbocycles. The van der Waals surface area contributed by atoms with Gasteiger partial charge in [-0.25, -0.2) is 4.98 Å². The van der Waals surface area contributed by atoms with Gasteiger partial charge in [0, 0.05) is 25.8 Å². The molecule has 4 heteroatoms. The Hall–Kier alpha value is -1.13. The van der Waals surface area contributed by atoms with E-state index in [9.17, 15) is 0 Å². The molecule has 2 heterocycles. The monoisotopic (exact) mass is 207 g/mol. The molecule has 0 amide bonds. The highest BCUT2D eigenvalue weighted by atomic mass is 16.5. The molecule has 2 N–H and O–H groups in total. The second-order valence-electron chi connectivity index (χ2n) is 3.82. The van der Waals surface area contributed by atoms with Crippen LogP contribution >= 0.6 is 0 Å². The fraction of sp³-hybridized carbons (Fsp3) is 0.545. The summed E-state index contributed by atoms with van der Waals surface area (Å²) in [7, 11) is 0. The number of anilines is 1. The van der Waals surface area contributed by atoms with Crippen LogP contribution in [0.15, 0.2) is 18.3 Å². The maximum absolute atomic E-state index is 5.61. The zero-order chi connectivity index (χ0) is 10.7. The molecule has 1 unspecified atom stereocenters. The molecule has 1 aliphatic rings. The van der Waals surface area contributed by atoms with Crippen LogP contribution in [0.2, 0.25) is 0 Å². The van der Waals surface area contributed by atoms with Crippen LogP contribution in [-0.4, -0.2) is 37.3 Å². The van der Waals surface area contributed by atoms with Gasteiger partial charge in [0.05, 0.1) is 12.7 Å². The first-order valence-corrected chi connectivity index (χ1v) is 5.29. The lowest BCUT2D eigenvalue weighted by atomic mass is 10.2. The molecule has 0 radical (unpaired) electrons. The summed E-state index contributed by atoms with van der Waals surface area (Å²) in [6.07, 6.45) is 1.97. The maximum atomic E-state index is 5.61. The molecule has 1 saturated heterocycles. The van der Waals surface area contributed by atoms with Gasteiger partial charge in [-0.05, 0) is 18.6 Å². The quantitative estimate of drug-likeness (QED) is 0.769. The summed E-state index contributed by atoms with van der Waals surface area (Å²) in [6.45, 7) is 5.12. The summed E-state index contributed by atoms with van der Waals surface area (Å²) in [5.74, 6) is 1.05. The second-order valence-corrected chi connectivity index (χ2v) is 3.82. The van der Waals surface area contributed by atoms with E-state index in [1.807, 2.05) is 12.3 Å². The molecule has 15 heavy (non-hydrogen) atoms. The molecule has 2 rings (SSSR count). The summed E-state index contributed by atoms with van der Waals surface area (Å²) in [5.41, 5.74) is 6.81. The normalized spacial score (nSPS) is 21.7. The van der Waals surface area contributed by atoms with E-state index in [1.54, 1.807) is 0 Å². The Balaban J connectivity index is 2.13. The standard InChI is InChI=1S/C11H17N3O/c1-9-3-2-4-13-11(9)14-5-6-15-10(7-12)8-14/h2-4,10H,5-8,12H2,1H3. The minimum Gasteiger partial charge on any atom is -0.373 e. The lowest BCUT2D eigenvalue weighted by molar-refractivity contribution is 0.0462. The molecule has 4 nitrogen and oxygen atoms in total. The van der Waals surface area contributed by atoms with Crippen molar-refractivity contribution in [3.63, 3.8) is 0 Å². The molecule has 0 bridgehead atoms. The third-order valence-electron chi connectivity index (χ3n) is 2.68. The van der Waals surface area contributed by atoms with Crippen molar-refractivity contribution in [2.75, 3.05) is 31.1 Å². The first kappa shape index (κ1) is 10.4. The predicted octanol–water partition coefficient (Wildman–Crippen LogP) is 0.554. The fourth-order valence-corrected chi connectivity index (χ4v) is 1.86. The number of aromatic nitrogens is 1. The first-order chi connectivity index (χ1) is 7.31. The molecular weight excluding hydrogens is 190 g/mol. The molecule has 1 aromatic rings. The fourth-order valence-electron chi connectivity index (χ4n) is 1.86. The maximum Gasteiger partial charge on any atom is 0.131 e. The second kappa shape index (κ2) is 4.59. The summed E-state index contributed by atoms with van der Waals surface area (Å²) >= 11 is 0. The Morgan fingerprint density at radius 3 is 3.27 bits per heavy atom. The van der Waals surface area contributed by atoms with Crippen LogP contribution in [0.5, 0.6) is 0 Å². The third kappa shape index (κ3) is 2.27. The van der Waals surface area contributed by atoms with E-state index in [1.165, 1.54) is 5.56 Å². The number of nitrogens with two attached hydrogens (primary N) is 1. The number of hydrogen-bond donors (Lipinski definition) is 1. The zero-order valence-electron chi connectivity index (χ0n) is 9.02. The minimum absolute atomic E-state index is 0.139. The molecule has 1 aromatic heterocycles. The van der Waals surface area contributed by atoms with E-state index in [0.717, 1.165) is 25.5 Å². The number of ether oxygens (including phenoxy) is 1. The van der Waals surface area contributed by atoms with Crippen LogP contribution in [0.4, 0.5) is 5.82 Å². The van der Waals surface area contributed by atoms with Crippen molar-refractivity contribution in [1.29, 1.82) is 0 Å². The predicted molar refractivity (Wildman–Crippen MR) is 60.0 cm³/mol. The van der Waals surface area contributed by atoms with E-state index in [0.29, 0.717) is 6.54 Å². The molecular formula is C11H17N3O. The Kier molecular flexibility index (Phi) is 3.18. The SMILES string of the molecule is Cc1cccnc1N1CCOC(CN)C1. The van der Waals surface area contributed by atoms with Crippen molar-refractivity contribution in [3.05, 3.63) is 23.9 Å². The summed E-state index contributed by atoms with van der Waals surface area (Å²) < 4.78 is 5.52. The number of hydrogen-bond acceptors (Lipinski definition) is 4. The summed E-state index contributed by atoms with van der Waals surface area (Å²) in [6, 6.07) is 4.04. The molecule has 1 fully saturated rings. The van der Waals surface area contributed by atoms with E-state index < -0.39 is 0 Å². The number of rotatable bonds is 2. The third-order valence-corrected chi connectivity index (χ3v) is 2.68. The van der Waals surface area contributed by atoms with Gasteiger partial charge in [0.15, 0.2) is 0 Å². The molecule has 0 aromatic carbocycles. The largest absolute Gasteiger partial charge is 0.373 e. The zero-order valence-corrected chi connectivity index (χ0v) is 9.02. The molecule has 0 aliphatic carbocycles. The van der Waals surface area contributed by atoms with Gasteiger partial charge in [0.25, 0.3) is 0 Å². The van der Waals surface area contributed by atoms with Crippen molar-refractivity contribution < 1.29 is 4.74 Å². The van der Waals surface area contributed by atoms with Crippen LogP contribution in [0.25, 0.3) is 0 Å². The Labute approximate surface area is 90.0 Å². The highest BCUT2D eigenvalue weighted by Gasteiger charge is 2.20. The molecule has 1 aliphatic heterocycles. The van der Waals surface area contributed by atoms with E-state index in [4.69, 9.17) is 10.5 Å². The molecule has 82 valence electrons.